The monoisotopic (exact) mass is 257 g/mol. The summed E-state index contributed by atoms with van der Waals surface area (Å²) in [7, 11) is 3.20. The molecule has 0 aliphatic rings. The number of rotatable bonds is 5. The molecule has 94 valence electrons. The van der Waals surface area contributed by atoms with Gasteiger partial charge in [0.05, 0.1) is 7.11 Å². The zero-order valence-electron chi connectivity index (χ0n) is 9.94. The molecule has 1 aromatic rings. The second-order valence-electron chi connectivity index (χ2n) is 3.68. The van der Waals surface area contributed by atoms with Crippen LogP contribution in [0.25, 0.3) is 0 Å². The van der Waals surface area contributed by atoms with Crippen molar-refractivity contribution in [3.8, 4) is 5.75 Å². The quantitative estimate of drug-likeness (QED) is 0.819. The standard InChI is InChI=1S/C12H16FNO2S/c1-14(12(15)5-6-17)8-9-7-10(13)3-4-11(9)16-2/h3-4,7,17H,5-6,8H2,1-2H3. The SMILES string of the molecule is COc1ccc(F)cc1CN(C)C(=O)CCS. The third kappa shape index (κ3) is 3.93. The highest BCUT2D eigenvalue weighted by Crippen LogP contribution is 2.20. The van der Waals surface area contributed by atoms with Gasteiger partial charge >= 0.3 is 0 Å². The number of methoxy groups -OCH3 is 1. The van der Waals surface area contributed by atoms with E-state index in [-0.39, 0.29) is 11.7 Å². The van der Waals surface area contributed by atoms with Gasteiger partial charge in [0, 0.05) is 25.6 Å². The molecule has 1 amide bonds. The van der Waals surface area contributed by atoms with E-state index >= 15 is 0 Å². The van der Waals surface area contributed by atoms with Gasteiger partial charge in [0.2, 0.25) is 5.91 Å². The molecule has 0 unspecified atom stereocenters. The van der Waals surface area contributed by atoms with Crippen LogP contribution in [-0.4, -0.2) is 30.7 Å². The van der Waals surface area contributed by atoms with Gasteiger partial charge in [-0.15, -0.1) is 0 Å². The van der Waals surface area contributed by atoms with Crippen molar-refractivity contribution in [1.82, 2.24) is 4.90 Å². The first-order chi connectivity index (χ1) is 8.08. The number of amides is 1. The van der Waals surface area contributed by atoms with E-state index < -0.39 is 0 Å². The summed E-state index contributed by atoms with van der Waals surface area (Å²) in [6.07, 6.45) is 0.372. The maximum absolute atomic E-state index is 13.1. The minimum absolute atomic E-state index is 0.0219. The van der Waals surface area contributed by atoms with Gasteiger partial charge in [-0.1, -0.05) is 0 Å². The summed E-state index contributed by atoms with van der Waals surface area (Å²) in [5, 5.41) is 0. The molecular weight excluding hydrogens is 241 g/mol. The van der Waals surface area contributed by atoms with Gasteiger partial charge in [0.1, 0.15) is 11.6 Å². The summed E-state index contributed by atoms with van der Waals surface area (Å²) in [6, 6.07) is 4.27. The zero-order chi connectivity index (χ0) is 12.8. The number of benzene rings is 1. The predicted molar refractivity (Wildman–Crippen MR) is 67.9 cm³/mol. The second-order valence-corrected chi connectivity index (χ2v) is 4.13. The normalized spacial score (nSPS) is 10.1. The summed E-state index contributed by atoms with van der Waals surface area (Å²) in [5.74, 6) is 0.725. The molecule has 0 aliphatic heterocycles. The maximum atomic E-state index is 13.1. The number of halogens is 1. The number of ether oxygens (including phenoxy) is 1. The number of carbonyl (C=O) groups excluding carboxylic acids is 1. The Labute approximate surface area is 106 Å². The lowest BCUT2D eigenvalue weighted by Crippen LogP contribution is -2.26. The first-order valence-electron chi connectivity index (χ1n) is 5.25. The van der Waals surface area contributed by atoms with E-state index in [4.69, 9.17) is 4.74 Å². The largest absolute Gasteiger partial charge is 0.496 e. The molecule has 0 aliphatic carbocycles. The molecule has 0 radical (unpaired) electrons. The summed E-state index contributed by atoms with van der Waals surface area (Å²) in [6.45, 7) is 0.327. The van der Waals surface area contributed by atoms with Crippen molar-refractivity contribution in [3.63, 3.8) is 0 Å². The van der Waals surface area contributed by atoms with Crippen molar-refractivity contribution in [2.24, 2.45) is 0 Å². The predicted octanol–water partition coefficient (Wildman–Crippen LogP) is 2.11. The number of nitrogens with zero attached hydrogens (tertiary/aromatic N) is 1. The fraction of sp³-hybridized carbons (Fsp3) is 0.417. The molecule has 0 bridgehead atoms. The van der Waals surface area contributed by atoms with Crippen LogP contribution in [0, 0.1) is 5.82 Å². The molecule has 0 heterocycles. The average molecular weight is 257 g/mol. The van der Waals surface area contributed by atoms with E-state index in [2.05, 4.69) is 12.6 Å². The van der Waals surface area contributed by atoms with Crippen LogP contribution in [0.1, 0.15) is 12.0 Å². The fourth-order valence-corrected chi connectivity index (χ4v) is 1.69. The van der Waals surface area contributed by atoms with Gasteiger partial charge in [-0.25, -0.2) is 4.39 Å². The molecule has 1 rings (SSSR count). The molecule has 0 spiro atoms. The van der Waals surface area contributed by atoms with E-state index in [1.807, 2.05) is 0 Å². The van der Waals surface area contributed by atoms with Crippen molar-refractivity contribution < 1.29 is 13.9 Å². The Balaban J connectivity index is 2.79. The van der Waals surface area contributed by atoms with Crippen LogP contribution in [0.3, 0.4) is 0 Å². The highest BCUT2D eigenvalue weighted by Gasteiger charge is 2.12. The second kappa shape index (κ2) is 6.49. The van der Waals surface area contributed by atoms with Crippen molar-refractivity contribution in [1.29, 1.82) is 0 Å². The highest BCUT2D eigenvalue weighted by atomic mass is 32.1. The first-order valence-corrected chi connectivity index (χ1v) is 5.89. The molecule has 0 fully saturated rings. The summed E-state index contributed by atoms with van der Waals surface area (Å²) in [5.41, 5.74) is 0.655. The summed E-state index contributed by atoms with van der Waals surface area (Å²) >= 11 is 4.00. The Morgan fingerprint density at radius 1 is 1.53 bits per heavy atom. The number of carbonyl (C=O) groups is 1. The van der Waals surface area contributed by atoms with E-state index in [1.165, 1.54) is 24.1 Å². The van der Waals surface area contributed by atoms with Crippen LogP contribution in [-0.2, 0) is 11.3 Å². The summed E-state index contributed by atoms with van der Waals surface area (Å²) in [4.78, 5) is 13.1. The number of thiol groups is 1. The molecule has 0 saturated heterocycles. The van der Waals surface area contributed by atoms with Crippen LogP contribution in [0.2, 0.25) is 0 Å². The van der Waals surface area contributed by atoms with Crippen molar-refractivity contribution >= 4 is 18.5 Å². The maximum Gasteiger partial charge on any atom is 0.223 e. The molecular formula is C12H16FNO2S. The van der Waals surface area contributed by atoms with Crippen molar-refractivity contribution in [3.05, 3.63) is 29.6 Å². The zero-order valence-corrected chi connectivity index (χ0v) is 10.8. The van der Waals surface area contributed by atoms with Gasteiger partial charge in [-0.05, 0) is 24.0 Å². The lowest BCUT2D eigenvalue weighted by atomic mass is 10.2. The molecule has 3 nitrogen and oxygen atoms in total. The molecule has 0 N–H and O–H groups in total. The van der Waals surface area contributed by atoms with E-state index in [0.29, 0.717) is 30.0 Å². The molecule has 0 saturated carbocycles. The van der Waals surface area contributed by atoms with Gasteiger partial charge in [0.25, 0.3) is 0 Å². The van der Waals surface area contributed by atoms with Gasteiger partial charge in [-0.2, -0.15) is 12.6 Å². The van der Waals surface area contributed by atoms with E-state index in [9.17, 15) is 9.18 Å². The third-order valence-electron chi connectivity index (χ3n) is 2.40. The molecule has 1 aromatic carbocycles. The number of hydrogen-bond donors (Lipinski definition) is 1. The Bertz CT molecular complexity index is 398. The Morgan fingerprint density at radius 3 is 2.82 bits per heavy atom. The van der Waals surface area contributed by atoms with E-state index in [0.717, 1.165) is 0 Å². The minimum atomic E-state index is -0.337. The van der Waals surface area contributed by atoms with Crippen LogP contribution in [0.4, 0.5) is 4.39 Å². The van der Waals surface area contributed by atoms with Gasteiger partial charge in [-0.3, -0.25) is 4.79 Å². The fourth-order valence-electron chi connectivity index (χ4n) is 1.50. The van der Waals surface area contributed by atoms with Crippen LogP contribution < -0.4 is 4.74 Å². The van der Waals surface area contributed by atoms with Crippen molar-refractivity contribution in [2.45, 2.75) is 13.0 Å². The topological polar surface area (TPSA) is 29.5 Å². The van der Waals surface area contributed by atoms with E-state index in [1.54, 1.807) is 13.1 Å². The Hall–Kier alpha value is -1.23. The lowest BCUT2D eigenvalue weighted by Gasteiger charge is -2.18. The average Bonchev–Trinajstić information content (AvgIpc) is 2.29. The summed E-state index contributed by atoms with van der Waals surface area (Å²) < 4.78 is 18.2. The number of hydrogen-bond acceptors (Lipinski definition) is 3. The first kappa shape index (κ1) is 13.8. The highest BCUT2D eigenvalue weighted by molar-refractivity contribution is 7.80. The molecule has 0 atom stereocenters. The van der Waals surface area contributed by atoms with Gasteiger partial charge < -0.3 is 9.64 Å². The Kier molecular flexibility index (Phi) is 5.28. The lowest BCUT2D eigenvalue weighted by molar-refractivity contribution is -0.129. The van der Waals surface area contributed by atoms with Crippen molar-refractivity contribution in [2.75, 3.05) is 19.9 Å². The molecule has 5 heteroatoms. The molecule has 0 aromatic heterocycles. The van der Waals surface area contributed by atoms with Crippen LogP contribution in [0.15, 0.2) is 18.2 Å². The van der Waals surface area contributed by atoms with Crippen LogP contribution in [0.5, 0.6) is 5.75 Å². The van der Waals surface area contributed by atoms with Crippen LogP contribution >= 0.6 is 12.6 Å². The van der Waals surface area contributed by atoms with Gasteiger partial charge in [0.15, 0.2) is 0 Å². The molecule has 17 heavy (non-hydrogen) atoms. The third-order valence-corrected chi connectivity index (χ3v) is 2.62. The Morgan fingerprint density at radius 2 is 2.24 bits per heavy atom. The smallest absolute Gasteiger partial charge is 0.223 e. The minimum Gasteiger partial charge on any atom is -0.496 e.